The van der Waals surface area contributed by atoms with Gasteiger partial charge in [0, 0.05) is 17.6 Å². The van der Waals surface area contributed by atoms with E-state index in [0.717, 1.165) is 23.9 Å². The molecule has 1 aromatic carbocycles. The second-order valence-corrected chi connectivity index (χ2v) is 7.40. The number of carbonyl (C=O) groups excluding carboxylic acids is 1. The Labute approximate surface area is 132 Å². The molecule has 21 heavy (non-hydrogen) atoms. The highest BCUT2D eigenvalue weighted by Gasteiger charge is 2.18. The second-order valence-electron chi connectivity index (χ2n) is 4.72. The van der Waals surface area contributed by atoms with E-state index in [9.17, 15) is 13.2 Å². The molecule has 0 saturated carbocycles. The molecule has 6 nitrogen and oxygen atoms in total. The van der Waals surface area contributed by atoms with Crippen LogP contribution in [0, 0.1) is 0 Å². The Hall–Kier alpha value is -0.960. The lowest BCUT2D eigenvalue weighted by molar-refractivity contribution is -0.120. The average molecular weight is 377 g/mol. The maximum atomic E-state index is 12.0. The van der Waals surface area contributed by atoms with Crippen LogP contribution in [-0.2, 0) is 19.6 Å². The number of rotatable bonds is 6. The third-order valence-electron chi connectivity index (χ3n) is 3.10. The van der Waals surface area contributed by atoms with Gasteiger partial charge in [-0.2, -0.15) is 0 Å². The van der Waals surface area contributed by atoms with Crippen molar-refractivity contribution in [1.82, 2.24) is 10.0 Å². The molecular formula is C13H17BrN2O4S. The van der Waals surface area contributed by atoms with E-state index in [0.29, 0.717) is 6.54 Å². The van der Waals surface area contributed by atoms with Crippen LogP contribution in [0.4, 0.5) is 0 Å². The van der Waals surface area contributed by atoms with E-state index in [1.165, 1.54) is 12.1 Å². The van der Waals surface area contributed by atoms with Crippen molar-refractivity contribution in [1.29, 1.82) is 0 Å². The Morgan fingerprint density at radius 3 is 2.67 bits per heavy atom. The zero-order valence-corrected chi connectivity index (χ0v) is 13.7. The minimum Gasteiger partial charge on any atom is -0.376 e. The molecule has 1 aliphatic rings. The first-order chi connectivity index (χ1) is 9.97. The minimum absolute atomic E-state index is 0.0389. The third kappa shape index (κ3) is 5.06. The van der Waals surface area contributed by atoms with E-state index in [1.54, 1.807) is 12.1 Å². The molecule has 1 aromatic rings. The molecule has 1 amide bonds. The fourth-order valence-corrected chi connectivity index (χ4v) is 3.20. The smallest absolute Gasteiger partial charge is 0.241 e. The van der Waals surface area contributed by atoms with Crippen molar-refractivity contribution in [3.8, 4) is 0 Å². The van der Waals surface area contributed by atoms with E-state index in [2.05, 4.69) is 26.0 Å². The van der Waals surface area contributed by atoms with Gasteiger partial charge in [0.05, 0.1) is 17.5 Å². The van der Waals surface area contributed by atoms with Crippen LogP contribution in [0.2, 0.25) is 0 Å². The largest absolute Gasteiger partial charge is 0.376 e. The number of hydrogen-bond donors (Lipinski definition) is 2. The predicted molar refractivity (Wildman–Crippen MR) is 81.3 cm³/mol. The molecule has 1 heterocycles. The highest BCUT2D eigenvalue weighted by Crippen LogP contribution is 2.14. The van der Waals surface area contributed by atoms with Crippen LogP contribution < -0.4 is 10.0 Å². The topological polar surface area (TPSA) is 84.5 Å². The molecule has 0 spiro atoms. The fourth-order valence-electron chi connectivity index (χ4n) is 1.95. The fraction of sp³-hybridized carbons (Fsp3) is 0.462. The Kier molecular flexibility index (Phi) is 5.74. The van der Waals surface area contributed by atoms with Gasteiger partial charge in [0.2, 0.25) is 15.9 Å². The zero-order valence-electron chi connectivity index (χ0n) is 11.3. The summed E-state index contributed by atoms with van der Waals surface area (Å²) in [5.41, 5.74) is 0. The van der Waals surface area contributed by atoms with Crippen molar-refractivity contribution in [2.75, 3.05) is 19.7 Å². The molecule has 116 valence electrons. The van der Waals surface area contributed by atoms with Crippen molar-refractivity contribution in [3.05, 3.63) is 28.7 Å². The van der Waals surface area contributed by atoms with Crippen LogP contribution in [0.1, 0.15) is 12.8 Å². The van der Waals surface area contributed by atoms with Crippen molar-refractivity contribution in [3.63, 3.8) is 0 Å². The number of amides is 1. The van der Waals surface area contributed by atoms with Crippen LogP contribution in [-0.4, -0.2) is 40.1 Å². The van der Waals surface area contributed by atoms with E-state index in [1.807, 2.05) is 0 Å². The summed E-state index contributed by atoms with van der Waals surface area (Å²) >= 11 is 3.24. The molecule has 1 atom stereocenters. The lowest BCUT2D eigenvalue weighted by atomic mass is 10.2. The first-order valence-corrected chi connectivity index (χ1v) is 8.88. The van der Waals surface area contributed by atoms with Gasteiger partial charge in [-0.25, -0.2) is 13.1 Å². The Morgan fingerprint density at radius 1 is 1.33 bits per heavy atom. The molecule has 2 rings (SSSR count). The van der Waals surface area contributed by atoms with Crippen LogP contribution >= 0.6 is 15.9 Å². The molecule has 1 aliphatic heterocycles. The van der Waals surface area contributed by atoms with E-state index in [-0.39, 0.29) is 23.5 Å². The summed E-state index contributed by atoms with van der Waals surface area (Å²) in [6, 6.07) is 6.20. The number of hydrogen-bond acceptors (Lipinski definition) is 4. The number of nitrogens with one attached hydrogen (secondary N) is 2. The molecule has 1 saturated heterocycles. The van der Waals surface area contributed by atoms with Crippen LogP contribution in [0.5, 0.6) is 0 Å². The molecule has 0 bridgehead atoms. The average Bonchev–Trinajstić information content (AvgIpc) is 2.97. The Bertz CT molecular complexity index is 583. The first kappa shape index (κ1) is 16.4. The molecule has 0 aromatic heterocycles. The monoisotopic (exact) mass is 376 g/mol. The number of halogens is 1. The number of sulfonamides is 1. The van der Waals surface area contributed by atoms with E-state index >= 15 is 0 Å². The van der Waals surface area contributed by atoms with Crippen LogP contribution in [0.25, 0.3) is 0 Å². The molecule has 0 aliphatic carbocycles. The number of benzene rings is 1. The van der Waals surface area contributed by atoms with Gasteiger partial charge in [-0.1, -0.05) is 15.9 Å². The lowest BCUT2D eigenvalue weighted by Crippen LogP contribution is -2.39. The summed E-state index contributed by atoms with van der Waals surface area (Å²) in [7, 11) is -3.67. The number of carbonyl (C=O) groups is 1. The molecule has 1 fully saturated rings. The summed E-state index contributed by atoms with van der Waals surface area (Å²) in [6.45, 7) is 0.848. The standard InChI is InChI=1S/C13H17BrN2O4S/c14-10-3-5-12(6-4-10)21(18,19)16-9-13(17)15-8-11-2-1-7-20-11/h3-6,11,16H,1-2,7-9H2,(H,15,17)/t11-/m0/s1. The second kappa shape index (κ2) is 7.35. The number of ether oxygens (including phenoxy) is 1. The zero-order chi connectivity index (χ0) is 15.3. The van der Waals surface area contributed by atoms with Gasteiger partial charge in [-0.15, -0.1) is 0 Å². The van der Waals surface area contributed by atoms with E-state index < -0.39 is 10.0 Å². The van der Waals surface area contributed by atoms with Crippen LogP contribution in [0.15, 0.2) is 33.6 Å². The van der Waals surface area contributed by atoms with Gasteiger partial charge in [0.25, 0.3) is 0 Å². The molecule has 0 unspecified atom stereocenters. The third-order valence-corrected chi connectivity index (χ3v) is 5.04. The van der Waals surface area contributed by atoms with Crippen molar-refractivity contribution >= 4 is 31.9 Å². The summed E-state index contributed by atoms with van der Waals surface area (Å²) in [6.07, 6.45) is 1.96. The quantitative estimate of drug-likeness (QED) is 0.776. The molecule has 2 N–H and O–H groups in total. The van der Waals surface area contributed by atoms with Crippen molar-refractivity contribution in [2.45, 2.75) is 23.8 Å². The summed E-state index contributed by atoms with van der Waals surface area (Å²) < 4.78 is 32.4. The highest BCUT2D eigenvalue weighted by atomic mass is 79.9. The van der Waals surface area contributed by atoms with Gasteiger partial charge < -0.3 is 10.1 Å². The van der Waals surface area contributed by atoms with Crippen molar-refractivity contribution < 1.29 is 17.9 Å². The molecular weight excluding hydrogens is 360 g/mol. The van der Waals surface area contributed by atoms with Crippen molar-refractivity contribution in [2.24, 2.45) is 0 Å². The van der Waals surface area contributed by atoms with E-state index in [4.69, 9.17) is 4.74 Å². The SMILES string of the molecule is O=C(CNS(=O)(=O)c1ccc(Br)cc1)NC[C@@H]1CCCO1. The van der Waals surface area contributed by atoms with Gasteiger partial charge in [-0.05, 0) is 37.1 Å². The highest BCUT2D eigenvalue weighted by molar-refractivity contribution is 9.10. The maximum absolute atomic E-state index is 12.0. The predicted octanol–water partition coefficient (Wildman–Crippen LogP) is 1.02. The van der Waals surface area contributed by atoms with Gasteiger partial charge in [-0.3, -0.25) is 4.79 Å². The summed E-state index contributed by atoms with van der Waals surface area (Å²) in [5, 5.41) is 2.66. The molecule has 0 radical (unpaired) electrons. The maximum Gasteiger partial charge on any atom is 0.241 e. The van der Waals surface area contributed by atoms with Gasteiger partial charge >= 0.3 is 0 Å². The molecule has 8 heteroatoms. The van der Waals surface area contributed by atoms with Gasteiger partial charge in [0.15, 0.2) is 0 Å². The summed E-state index contributed by atoms with van der Waals surface area (Å²) in [4.78, 5) is 11.8. The van der Waals surface area contributed by atoms with Crippen LogP contribution in [0.3, 0.4) is 0 Å². The Morgan fingerprint density at radius 2 is 2.05 bits per heavy atom. The normalized spacial score (nSPS) is 18.6. The lowest BCUT2D eigenvalue weighted by Gasteiger charge is -2.11. The summed E-state index contributed by atoms with van der Waals surface area (Å²) in [5.74, 6) is -0.369. The first-order valence-electron chi connectivity index (χ1n) is 6.61. The minimum atomic E-state index is -3.67. The Balaban J connectivity index is 1.80. The van der Waals surface area contributed by atoms with Gasteiger partial charge in [0.1, 0.15) is 0 Å².